The molecule has 0 radical (unpaired) electrons. The van der Waals surface area contributed by atoms with Crippen LogP contribution in [0.5, 0.6) is 0 Å². The fraction of sp³-hybridized carbons (Fsp3) is 0.308. The Kier molecular flexibility index (Phi) is 2.79. The lowest BCUT2D eigenvalue weighted by molar-refractivity contribution is 0.0737. The lowest BCUT2D eigenvalue weighted by Gasteiger charge is -2.13. The topological polar surface area (TPSA) is 46.3 Å². The summed E-state index contributed by atoms with van der Waals surface area (Å²) in [5.74, 6) is 0.561. The number of nitrogens with zero attached hydrogens (tertiary/aromatic N) is 1. The van der Waals surface area contributed by atoms with Crippen LogP contribution in [-0.4, -0.2) is 15.7 Å². The Morgan fingerprint density at radius 1 is 1.25 bits per heavy atom. The van der Waals surface area contributed by atoms with E-state index in [1.54, 1.807) is 20.1 Å². The van der Waals surface area contributed by atoms with Gasteiger partial charge >= 0.3 is 0 Å². The molecule has 0 saturated heterocycles. The van der Waals surface area contributed by atoms with E-state index >= 15 is 0 Å². The van der Waals surface area contributed by atoms with Gasteiger partial charge in [-0.25, -0.2) is 4.98 Å². The summed E-state index contributed by atoms with van der Waals surface area (Å²) in [6.45, 7) is 3.47. The molecule has 1 N–H and O–H groups in total. The summed E-state index contributed by atoms with van der Waals surface area (Å²) in [6, 6.07) is 9.83. The number of rotatable bonds is 3. The van der Waals surface area contributed by atoms with Crippen LogP contribution in [0.1, 0.15) is 19.7 Å². The molecule has 0 fully saturated rings. The monoisotopic (exact) mass is 217 g/mol. The number of hydrogen-bond donors (Lipinski definition) is 1. The molecule has 16 heavy (non-hydrogen) atoms. The summed E-state index contributed by atoms with van der Waals surface area (Å²) in [4.78, 5) is 4.34. The van der Waals surface area contributed by atoms with Gasteiger partial charge in [0.2, 0.25) is 0 Å². The lowest BCUT2D eigenvalue weighted by Crippen LogP contribution is -2.21. The molecule has 3 nitrogen and oxygen atoms in total. The zero-order chi connectivity index (χ0) is 11.6. The van der Waals surface area contributed by atoms with Gasteiger partial charge in [0.15, 0.2) is 5.89 Å². The molecule has 0 spiro atoms. The highest BCUT2D eigenvalue weighted by Gasteiger charge is 2.17. The maximum absolute atomic E-state index is 9.65. The summed E-state index contributed by atoms with van der Waals surface area (Å²) in [7, 11) is 0. The predicted octanol–water partition coefficient (Wildman–Crippen LogP) is 2.66. The Labute approximate surface area is 94.8 Å². The maximum atomic E-state index is 9.65. The molecule has 3 heteroatoms. The first-order valence-corrected chi connectivity index (χ1v) is 5.27. The highest BCUT2D eigenvalue weighted by Crippen LogP contribution is 2.20. The number of aliphatic hydroxyl groups is 1. The molecule has 0 amide bonds. The molecular weight excluding hydrogens is 202 g/mol. The molecule has 0 atom stereocenters. The average Bonchev–Trinajstić information content (AvgIpc) is 2.65. The van der Waals surface area contributed by atoms with Crippen LogP contribution >= 0.6 is 0 Å². The second kappa shape index (κ2) is 4.10. The van der Waals surface area contributed by atoms with Gasteiger partial charge < -0.3 is 9.52 Å². The van der Waals surface area contributed by atoms with Crippen molar-refractivity contribution in [3.05, 3.63) is 42.5 Å². The minimum Gasteiger partial charge on any atom is -0.448 e. The first kappa shape index (κ1) is 10.9. The lowest BCUT2D eigenvalue weighted by atomic mass is 10.1. The predicted molar refractivity (Wildman–Crippen MR) is 61.9 cm³/mol. The third-order valence-corrected chi connectivity index (χ3v) is 2.21. The van der Waals surface area contributed by atoms with Gasteiger partial charge in [0.25, 0.3) is 0 Å². The minimum atomic E-state index is -0.793. The van der Waals surface area contributed by atoms with E-state index in [1.165, 1.54) is 0 Å². The first-order chi connectivity index (χ1) is 7.54. The number of hydrogen-bond acceptors (Lipinski definition) is 3. The van der Waals surface area contributed by atoms with Crippen molar-refractivity contribution in [2.45, 2.75) is 25.9 Å². The molecule has 0 aliphatic heterocycles. The molecule has 0 aliphatic rings. The van der Waals surface area contributed by atoms with E-state index in [4.69, 9.17) is 4.42 Å². The Bertz CT molecular complexity index is 454. The van der Waals surface area contributed by atoms with Crippen LogP contribution in [0.2, 0.25) is 0 Å². The van der Waals surface area contributed by atoms with Crippen molar-refractivity contribution in [2.75, 3.05) is 0 Å². The Hall–Kier alpha value is -1.61. The van der Waals surface area contributed by atoms with Crippen LogP contribution in [0.15, 0.2) is 41.0 Å². The van der Waals surface area contributed by atoms with Crippen LogP contribution in [0.3, 0.4) is 0 Å². The van der Waals surface area contributed by atoms with Crippen molar-refractivity contribution in [1.29, 1.82) is 0 Å². The van der Waals surface area contributed by atoms with Gasteiger partial charge in [0.1, 0.15) is 12.0 Å². The van der Waals surface area contributed by atoms with Gasteiger partial charge in [-0.1, -0.05) is 30.3 Å². The minimum absolute atomic E-state index is 0.417. The van der Waals surface area contributed by atoms with Crippen molar-refractivity contribution in [2.24, 2.45) is 0 Å². The second-order valence-corrected chi connectivity index (χ2v) is 4.48. The first-order valence-electron chi connectivity index (χ1n) is 5.27. The molecule has 1 aromatic carbocycles. The second-order valence-electron chi connectivity index (χ2n) is 4.48. The average molecular weight is 217 g/mol. The Balaban J connectivity index is 2.21. The van der Waals surface area contributed by atoms with Crippen LogP contribution < -0.4 is 0 Å². The Morgan fingerprint density at radius 2 is 1.94 bits per heavy atom. The number of oxazole rings is 1. The van der Waals surface area contributed by atoms with E-state index in [0.717, 1.165) is 11.3 Å². The normalized spacial score (nSPS) is 11.7. The quantitative estimate of drug-likeness (QED) is 0.859. The smallest absolute Gasteiger partial charge is 0.197 e. The van der Waals surface area contributed by atoms with Crippen molar-refractivity contribution in [1.82, 2.24) is 4.98 Å². The van der Waals surface area contributed by atoms with Crippen LogP contribution in [0, 0.1) is 0 Å². The van der Waals surface area contributed by atoms with E-state index in [0.29, 0.717) is 12.3 Å². The molecule has 0 saturated carbocycles. The zero-order valence-corrected chi connectivity index (χ0v) is 9.47. The van der Waals surface area contributed by atoms with Crippen molar-refractivity contribution >= 4 is 0 Å². The summed E-state index contributed by atoms with van der Waals surface area (Å²) in [6.07, 6.45) is 2.04. The molecule has 0 unspecified atom stereocenters. The standard InChI is InChI=1S/C13H15NO2/c1-13(2,15)8-12-14-11(9-16-12)10-6-4-3-5-7-10/h3-7,9,15H,8H2,1-2H3. The van der Waals surface area contributed by atoms with Crippen LogP contribution in [0.25, 0.3) is 11.3 Å². The van der Waals surface area contributed by atoms with E-state index in [1.807, 2.05) is 30.3 Å². The van der Waals surface area contributed by atoms with Gasteiger partial charge in [-0.3, -0.25) is 0 Å². The molecule has 0 bridgehead atoms. The highest BCUT2D eigenvalue weighted by atomic mass is 16.3. The van der Waals surface area contributed by atoms with Gasteiger partial charge in [-0.05, 0) is 13.8 Å². The molecule has 2 aromatic rings. The van der Waals surface area contributed by atoms with E-state index in [-0.39, 0.29) is 0 Å². The fourth-order valence-corrected chi connectivity index (χ4v) is 1.50. The maximum Gasteiger partial charge on any atom is 0.197 e. The van der Waals surface area contributed by atoms with E-state index in [9.17, 15) is 5.11 Å². The Morgan fingerprint density at radius 3 is 2.56 bits per heavy atom. The third-order valence-electron chi connectivity index (χ3n) is 2.21. The fourth-order valence-electron chi connectivity index (χ4n) is 1.50. The largest absolute Gasteiger partial charge is 0.448 e. The SMILES string of the molecule is CC(C)(O)Cc1nc(-c2ccccc2)co1. The van der Waals surface area contributed by atoms with E-state index in [2.05, 4.69) is 4.98 Å². The zero-order valence-electron chi connectivity index (χ0n) is 9.47. The van der Waals surface area contributed by atoms with Crippen molar-refractivity contribution in [3.63, 3.8) is 0 Å². The van der Waals surface area contributed by atoms with Gasteiger partial charge in [-0.15, -0.1) is 0 Å². The number of aromatic nitrogens is 1. The van der Waals surface area contributed by atoms with Crippen LogP contribution in [0.4, 0.5) is 0 Å². The van der Waals surface area contributed by atoms with Crippen LogP contribution in [-0.2, 0) is 6.42 Å². The van der Waals surface area contributed by atoms with Gasteiger partial charge in [-0.2, -0.15) is 0 Å². The van der Waals surface area contributed by atoms with Crippen molar-refractivity contribution in [3.8, 4) is 11.3 Å². The van der Waals surface area contributed by atoms with Crippen molar-refractivity contribution < 1.29 is 9.52 Å². The molecule has 2 rings (SSSR count). The summed E-state index contributed by atoms with van der Waals surface area (Å²) in [5, 5.41) is 9.65. The van der Waals surface area contributed by atoms with Gasteiger partial charge in [0, 0.05) is 5.56 Å². The molecule has 0 aliphatic carbocycles. The summed E-state index contributed by atoms with van der Waals surface area (Å²) >= 11 is 0. The molecule has 1 aromatic heterocycles. The van der Waals surface area contributed by atoms with Gasteiger partial charge in [0.05, 0.1) is 12.0 Å². The summed E-state index contributed by atoms with van der Waals surface area (Å²) in [5.41, 5.74) is 1.03. The third kappa shape index (κ3) is 2.70. The summed E-state index contributed by atoms with van der Waals surface area (Å²) < 4.78 is 5.32. The van der Waals surface area contributed by atoms with E-state index < -0.39 is 5.60 Å². The molecular formula is C13H15NO2. The number of benzene rings is 1. The molecule has 1 heterocycles. The highest BCUT2D eigenvalue weighted by molar-refractivity contribution is 5.57. The molecule has 84 valence electrons.